The van der Waals surface area contributed by atoms with Crippen LogP contribution in [-0.2, 0) is 9.63 Å². The highest BCUT2D eigenvalue weighted by atomic mass is 16.7. The molecule has 2 N–H and O–H groups in total. The number of hydrogen-bond acceptors (Lipinski definition) is 4. The normalized spacial score (nSPS) is 12.5. The Balaban J connectivity index is 3.34. The van der Waals surface area contributed by atoms with E-state index in [1.54, 1.807) is 6.92 Å². The summed E-state index contributed by atoms with van der Waals surface area (Å²) >= 11 is 0. The zero-order chi connectivity index (χ0) is 10.8. The fourth-order valence-electron chi connectivity index (χ4n) is 1.05. The van der Waals surface area contributed by atoms with Crippen LogP contribution in [0.15, 0.2) is 0 Å². The number of carbonyl (C=O) groups excluding carboxylic acids is 1. The molecule has 0 aliphatic carbocycles. The lowest BCUT2D eigenvalue weighted by atomic mass is 10.3. The molecule has 0 fully saturated rings. The number of hydroxylamine groups is 1. The molecule has 0 bridgehead atoms. The van der Waals surface area contributed by atoms with Crippen LogP contribution in [0, 0.1) is 0 Å². The maximum Gasteiger partial charge on any atom is 0.341 e. The number of nitrogens with one attached hydrogen (secondary N) is 2. The van der Waals surface area contributed by atoms with E-state index in [0.717, 1.165) is 25.9 Å². The second-order valence-electron chi connectivity index (χ2n) is 3.30. The second-order valence-corrected chi connectivity index (χ2v) is 3.30. The highest BCUT2D eigenvalue weighted by Crippen LogP contribution is 1.91. The van der Waals surface area contributed by atoms with Crippen LogP contribution in [-0.4, -0.2) is 25.1 Å². The Morgan fingerprint density at radius 2 is 2.07 bits per heavy atom. The van der Waals surface area contributed by atoms with Crippen molar-refractivity contribution in [2.75, 3.05) is 13.1 Å². The van der Waals surface area contributed by atoms with E-state index in [2.05, 4.69) is 17.7 Å². The van der Waals surface area contributed by atoms with Gasteiger partial charge in [-0.05, 0) is 19.9 Å². The third kappa shape index (κ3) is 6.86. The molecule has 84 valence electrons. The molecule has 14 heavy (non-hydrogen) atoms. The first-order valence-corrected chi connectivity index (χ1v) is 5.39. The Morgan fingerprint density at radius 3 is 2.64 bits per heavy atom. The maximum absolute atomic E-state index is 11.2. The van der Waals surface area contributed by atoms with Gasteiger partial charge < -0.3 is 10.2 Å². The lowest BCUT2D eigenvalue weighted by Crippen LogP contribution is -2.38. The highest BCUT2D eigenvalue weighted by Gasteiger charge is 2.12. The molecule has 1 unspecified atom stereocenters. The van der Waals surface area contributed by atoms with Gasteiger partial charge in [0.2, 0.25) is 0 Å². The van der Waals surface area contributed by atoms with E-state index >= 15 is 0 Å². The van der Waals surface area contributed by atoms with Gasteiger partial charge in [-0.15, -0.1) is 0 Å². The van der Waals surface area contributed by atoms with E-state index in [4.69, 9.17) is 4.84 Å². The number of rotatable bonds is 8. The molecule has 0 aromatic carbocycles. The summed E-state index contributed by atoms with van der Waals surface area (Å²) in [6, 6.07) is -0.237. The summed E-state index contributed by atoms with van der Waals surface area (Å²) in [6.45, 7) is 7.39. The number of unbranched alkanes of at least 4 members (excludes halogenated alkanes) is 2. The van der Waals surface area contributed by atoms with Crippen molar-refractivity contribution < 1.29 is 9.63 Å². The van der Waals surface area contributed by atoms with Crippen LogP contribution in [0.2, 0.25) is 0 Å². The molecule has 0 aliphatic rings. The number of likely N-dealkylation sites (N-methyl/N-ethyl adjacent to an activating group) is 1. The van der Waals surface area contributed by atoms with Crippen LogP contribution in [0.25, 0.3) is 0 Å². The minimum Gasteiger partial charge on any atom is -0.369 e. The summed E-state index contributed by atoms with van der Waals surface area (Å²) in [6.07, 6.45) is 3.37. The smallest absolute Gasteiger partial charge is 0.341 e. The zero-order valence-electron chi connectivity index (χ0n) is 9.43. The maximum atomic E-state index is 11.2. The summed E-state index contributed by atoms with van der Waals surface area (Å²) in [5, 5.41) is 2.98. The Labute approximate surface area is 86.4 Å². The molecule has 0 heterocycles. The minimum atomic E-state index is -0.247. The van der Waals surface area contributed by atoms with Crippen LogP contribution >= 0.6 is 0 Å². The van der Waals surface area contributed by atoms with Crippen molar-refractivity contribution in [2.45, 2.75) is 46.1 Å². The average molecular weight is 202 g/mol. The van der Waals surface area contributed by atoms with E-state index in [1.807, 2.05) is 6.92 Å². The van der Waals surface area contributed by atoms with Crippen LogP contribution < -0.4 is 10.8 Å². The highest BCUT2D eigenvalue weighted by molar-refractivity contribution is 5.74. The number of carbonyl (C=O) groups is 1. The monoisotopic (exact) mass is 202 g/mol. The minimum absolute atomic E-state index is 0.237. The van der Waals surface area contributed by atoms with Gasteiger partial charge in [0.25, 0.3) is 0 Å². The van der Waals surface area contributed by atoms with Gasteiger partial charge in [0.15, 0.2) is 0 Å². The lowest BCUT2D eigenvalue weighted by molar-refractivity contribution is -0.153. The summed E-state index contributed by atoms with van der Waals surface area (Å²) in [5.74, 6) is -0.247. The fraction of sp³-hybridized carbons (Fsp3) is 0.900. The molecule has 0 saturated carbocycles. The fourth-order valence-corrected chi connectivity index (χ4v) is 1.05. The van der Waals surface area contributed by atoms with Crippen molar-refractivity contribution in [1.82, 2.24) is 10.8 Å². The first kappa shape index (κ1) is 13.4. The zero-order valence-corrected chi connectivity index (χ0v) is 9.43. The van der Waals surface area contributed by atoms with Crippen molar-refractivity contribution in [3.05, 3.63) is 0 Å². The first-order valence-electron chi connectivity index (χ1n) is 5.39. The van der Waals surface area contributed by atoms with Crippen molar-refractivity contribution >= 4 is 5.97 Å². The van der Waals surface area contributed by atoms with Crippen molar-refractivity contribution in [2.24, 2.45) is 0 Å². The quantitative estimate of drug-likeness (QED) is 0.459. The van der Waals surface area contributed by atoms with Gasteiger partial charge in [0.1, 0.15) is 6.04 Å². The topological polar surface area (TPSA) is 50.4 Å². The van der Waals surface area contributed by atoms with Crippen molar-refractivity contribution in [3.8, 4) is 0 Å². The Morgan fingerprint density at radius 1 is 1.36 bits per heavy atom. The van der Waals surface area contributed by atoms with Crippen LogP contribution in [0.4, 0.5) is 0 Å². The largest absolute Gasteiger partial charge is 0.369 e. The molecule has 0 saturated heterocycles. The van der Waals surface area contributed by atoms with E-state index in [-0.39, 0.29) is 12.0 Å². The van der Waals surface area contributed by atoms with Gasteiger partial charge in [-0.25, -0.2) is 4.79 Å². The van der Waals surface area contributed by atoms with E-state index in [1.165, 1.54) is 6.42 Å². The molecule has 4 heteroatoms. The van der Waals surface area contributed by atoms with Gasteiger partial charge in [0, 0.05) is 6.54 Å². The Bertz CT molecular complexity index is 151. The predicted octanol–water partition coefficient (Wildman–Crippen LogP) is 1.22. The molecule has 0 aliphatic heterocycles. The first-order chi connectivity index (χ1) is 6.72. The molecule has 0 aromatic rings. The summed E-state index contributed by atoms with van der Waals surface area (Å²) < 4.78 is 0. The van der Waals surface area contributed by atoms with Gasteiger partial charge in [-0.1, -0.05) is 26.7 Å². The summed E-state index contributed by atoms with van der Waals surface area (Å²) in [4.78, 5) is 16.1. The third-order valence-corrected chi connectivity index (χ3v) is 1.92. The van der Waals surface area contributed by atoms with Gasteiger partial charge in [-0.3, -0.25) is 0 Å². The number of hydrogen-bond donors (Lipinski definition) is 2. The molecular formula is C10H22N2O2. The predicted molar refractivity (Wildman–Crippen MR) is 56.8 cm³/mol. The lowest BCUT2D eigenvalue weighted by Gasteiger charge is -2.11. The SMILES string of the molecule is CCCCCNOC(=O)C(C)NCC. The van der Waals surface area contributed by atoms with Crippen LogP contribution in [0.5, 0.6) is 0 Å². The molecule has 0 radical (unpaired) electrons. The Kier molecular flexibility index (Phi) is 8.57. The van der Waals surface area contributed by atoms with Gasteiger partial charge in [-0.2, -0.15) is 5.48 Å². The van der Waals surface area contributed by atoms with E-state index < -0.39 is 0 Å². The molecule has 0 rings (SSSR count). The standard InChI is InChI=1S/C10H22N2O2/c1-4-6-7-8-12-14-10(13)9(3)11-5-2/h9,11-12H,4-8H2,1-3H3. The molecular weight excluding hydrogens is 180 g/mol. The van der Waals surface area contributed by atoms with Crippen molar-refractivity contribution in [3.63, 3.8) is 0 Å². The van der Waals surface area contributed by atoms with E-state index in [0.29, 0.717) is 0 Å². The summed E-state index contributed by atoms with van der Waals surface area (Å²) in [7, 11) is 0. The molecule has 4 nitrogen and oxygen atoms in total. The summed E-state index contributed by atoms with van der Waals surface area (Å²) in [5.41, 5.74) is 2.67. The molecule has 0 spiro atoms. The average Bonchev–Trinajstić information content (AvgIpc) is 2.17. The Hall–Kier alpha value is -0.610. The molecule has 1 atom stereocenters. The van der Waals surface area contributed by atoms with Crippen LogP contribution in [0.3, 0.4) is 0 Å². The molecule has 0 amide bonds. The van der Waals surface area contributed by atoms with Gasteiger partial charge >= 0.3 is 5.97 Å². The van der Waals surface area contributed by atoms with Gasteiger partial charge in [0.05, 0.1) is 0 Å². The van der Waals surface area contributed by atoms with Crippen LogP contribution in [0.1, 0.15) is 40.0 Å². The molecule has 0 aromatic heterocycles. The third-order valence-electron chi connectivity index (χ3n) is 1.92. The van der Waals surface area contributed by atoms with Crippen molar-refractivity contribution in [1.29, 1.82) is 0 Å². The van der Waals surface area contributed by atoms with E-state index in [9.17, 15) is 4.79 Å². The second kappa shape index (κ2) is 8.97.